The largest absolute Gasteiger partial charge is 0.388 e. The topological polar surface area (TPSA) is 111 Å². The van der Waals surface area contributed by atoms with Crippen LogP contribution in [0.2, 0.25) is 0 Å². The number of anilines is 1. The molecule has 0 aliphatic carbocycles. The van der Waals surface area contributed by atoms with E-state index in [1.165, 1.54) is 12.1 Å². The average molecular weight is 445 g/mol. The van der Waals surface area contributed by atoms with Gasteiger partial charge in [-0.3, -0.25) is 9.59 Å². The van der Waals surface area contributed by atoms with Gasteiger partial charge < -0.3 is 30.5 Å². The summed E-state index contributed by atoms with van der Waals surface area (Å²) in [7, 11) is 3.80. The van der Waals surface area contributed by atoms with Crippen LogP contribution in [0.1, 0.15) is 22.3 Å². The third-order valence-corrected chi connectivity index (χ3v) is 5.36. The summed E-state index contributed by atoms with van der Waals surface area (Å²) >= 11 is 0. The minimum atomic E-state index is -1.26. The molecule has 0 bridgehead atoms. The summed E-state index contributed by atoms with van der Waals surface area (Å²) in [5, 5.41) is 25.9. The maximum atomic E-state index is 12.9. The molecule has 4 atom stereocenters. The van der Waals surface area contributed by atoms with Crippen LogP contribution in [0.25, 0.3) is 0 Å². The Morgan fingerprint density at radius 2 is 1.59 bits per heavy atom. The lowest BCUT2D eigenvalue weighted by molar-refractivity contribution is -0.125. The molecule has 1 fully saturated rings. The van der Waals surface area contributed by atoms with Crippen molar-refractivity contribution < 1.29 is 28.9 Å². The van der Waals surface area contributed by atoms with E-state index in [-0.39, 0.29) is 37.1 Å². The Morgan fingerprint density at radius 3 is 2.22 bits per heavy atom. The van der Waals surface area contributed by atoms with Gasteiger partial charge in [0, 0.05) is 38.4 Å². The molecule has 4 N–H and O–H groups in total. The Labute approximate surface area is 186 Å². The first-order valence-electron chi connectivity index (χ1n) is 10.3. The highest BCUT2D eigenvalue weighted by molar-refractivity contribution is 5.94. The minimum Gasteiger partial charge on any atom is -0.388 e. The molecule has 2 amide bonds. The van der Waals surface area contributed by atoms with Crippen molar-refractivity contribution in [2.24, 2.45) is 0 Å². The fraction of sp³-hybridized carbons (Fsp3) is 0.391. The smallest absolute Gasteiger partial charge is 0.251 e. The summed E-state index contributed by atoms with van der Waals surface area (Å²) in [6.45, 7) is 0.191. The fourth-order valence-corrected chi connectivity index (χ4v) is 3.43. The molecule has 172 valence electrons. The Morgan fingerprint density at radius 1 is 0.969 bits per heavy atom. The minimum absolute atomic E-state index is 0.0137. The second-order valence-corrected chi connectivity index (χ2v) is 7.95. The van der Waals surface area contributed by atoms with Gasteiger partial charge in [-0.2, -0.15) is 0 Å². The first kappa shape index (κ1) is 23.6. The number of halogens is 1. The van der Waals surface area contributed by atoms with E-state index in [0.717, 1.165) is 11.3 Å². The molecular formula is C23H28FN3O5. The van der Waals surface area contributed by atoms with Crippen molar-refractivity contribution in [1.82, 2.24) is 10.6 Å². The van der Waals surface area contributed by atoms with Gasteiger partial charge in [0.1, 0.15) is 24.1 Å². The quantitative estimate of drug-likeness (QED) is 0.479. The van der Waals surface area contributed by atoms with Crippen LogP contribution in [-0.4, -0.2) is 67.1 Å². The van der Waals surface area contributed by atoms with Crippen molar-refractivity contribution in [3.05, 3.63) is 65.5 Å². The van der Waals surface area contributed by atoms with Gasteiger partial charge >= 0.3 is 0 Å². The zero-order chi connectivity index (χ0) is 23.3. The number of carbonyl (C=O) groups is 2. The van der Waals surface area contributed by atoms with E-state index >= 15 is 0 Å². The highest BCUT2D eigenvalue weighted by Gasteiger charge is 2.43. The summed E-state index contributed by atoms with van der Waals surface area (Å²) in [6.07, 6.45) is -4.39. The third-order valence-electron chi connectivity index (χ3n) is 5.36. The first-order chi connectivity index (χ1) is 15.2. The van der Waals surface area contributed by atoms with Gasteiger partial charge in [0.25, 0.3) is 5.91 Å². The van der Waals surface area contributed by atoms with Crippen molar-refractivity contribution in [3.63, 3.8) is 0 Å². The molecule has 32 heavy (non-hydrogen) atoms. The van der Waals surface area contributed by atoms with E-state index in [4.69, 9.17) is 4.74 Å². The molecule has 8 nitrogen and oxygen atoms in total. The van der Waals surface area contributed by atoms with Gasteiger partial charge in [0.05, 0.1) is 12.5 Å². The van der Waals surface area contributed by atoms with Crippen LogP contribution in [0, 0.1) is 5.82 Å². The summed E-state index contributed by atoms with van der Waals surface area (Å²) in [5.41, 5.74) is 2.15. The second-order valence-electron chi connectivity index (χ2n) is 7.95. The van der Waals surface area contributed by atoms with Gasteiger partial charge in [-0.15, -0.1) is 0 Å². The van der Waals surface area contributed by atoms with E-state index in [2.05, 4.69) is 10.6 Å². The van der Waals surface area contributed by atoms with E-state index < -0.39 is 24.4 Å². The number of aliphatic hydroxyl groups is 2. The number of nitrogens with one attached hydrogen (secondary N) is 2. The fourth-order valence-electron chi connectivity index (χ4n) is 3.43. The molecule has 3 rings (SSSR count). The third kappa shape index (κ3) is 6.03. The number of aliphatic hydroxyl groups excluding tert-OH is 2. The standard InChI is InChI=1S/C23H28FN3O5/c1-27(2)17-9-5-15(6-10-17)23(31)26-13-19-22(30)21(29)18(32-19)11-20(28)25-12-14-3-7-16(24)8-4-14/h3-10,18-19,21-22,29-30H,11-13H2,1-2H3,(H,25,28)(H,26,31)/t18-,19-,21-,22+/m0/s1. The van der Waals surface area contributed by atoms with E-state index in [1.807, 2.05) is 31.1 Å². The highest BCUT2D eigenvalue weighted by Crippen LogP contribution is 2.23. The summed E-state index contributed by atoms with van der Waals surface area (Å²) in [4.78, 5) is 26.5. The summed E-state index contributed by atoms with van der Waals surface area (Å²) in [5.74, 6) is -1.07. The predicted octanol–water partition coefficient (Wildman–Crippen LogP) is 0.817. The lowest BCUT2D eigenvalue weighted by Crippen LogP contribution is -2.40. The molecule has 0 radical (unpaired) electrons. The number of amides is 2. The Bertz CT molecular complexity index is 920. The van der Waals surface area contributed by atoms with Gasteiger partial charge in [-0.25, -0.2) is 4.39 Å². The van der Waals surface area contributed by atoms with Crippen LogP contribution in [0.5, 0.6) is 0 Å². The number of hydrogen-bond donors (Lipinski definition) is 4. The summed E-state index contributed by atoms with van der Waals surface area (Å²) in [6, 6.07) is 12.8. The SMILES string of the molecule is CN(C)c1ccc(C(=O)NC[C@@H]2O[C@@H](CC(=O)NCc3ccc(F)cc3)[C@H](O)[C@@H]2O)cc1. The van der Waals surface area contributed by atoms with Crippen LogP contribution in [-0.2, 0) is 16.1 Å². The number of ether oxygens (including phenoxy) is 1. The number of nitrogens with zero attached hydrogens (tertiary/aromatic N) is 1. The van der Waals surface area contributed by atoms with E-state index in [9.17, 15) is 24.2 Å². The molecule has 1 aliphatic rings. The van der Waals surface area contributed by atoms with Crippen LogP contribution in [0.15, 0.2) is 48.5 Å². The monoisotopic (exact) mass is 445 g/mol. The van der Waals surface area contributed by atoms with Crippen molar-refractivity contribution >= 4 is 17.5 Å². The maximum Gasteiger partial charge on any atom is 0.251 e. The molecular weight excluding hydrogens is 417 g/mol. The molecule has 1 aliphatic heterocycles. The van der Waals surface area contributed by atoms with Crippen LogP contribution in [0.3, 0.4) is 0 Å². The molecule has 0 aromatic heterocycles. The molecule has 0 saturated carbocycles. The summed E-state index contributed by atoms with van der Waals surface area (Å²) < 4.78 is 18.6. The van der Waals surface area contributed by atoms with Crippen molar-refractivity contribution in [2.45, 2.75) is 37.4 Å². The lowest BCUT2D eigenvalue weighted by Gasteiger charge is -2.16. The average Bonchev–Trinajstić information content (AvgIpc) is 3.05. The normalized spacial score (nSPS) is 22.4. The van der Waals surface area contributed by atoms with Crippen LogP contribution in [0.4, 0.5) is 10.1 Å². The molecule has 2 aromatic carbocycles. The van der Waals surface area contributed by atoms with Gasteiger partial charge in [-0.1, -0.05) is 12.1 Å². The Balaban J connectivity index is 1.47. The Kier molecular flexibility index (Phi) is 7.79. The molecule has 1 heterocycles. The molecule has 0 unspecified atom stereocenters. The van der Waals surface area contributed by atoms with Crippen molar-refractivity contribution in [1.29, 1.82) is 0 Å². The van der Waals surface area contributed by atoms with E-state index in [0.29, 0.717) is 5.56 Å². The van der Waals surface area contributed by atoms with E-state index in [1.54, 1.807) is 24.3 Å². The number of hydrogen-bond acceptors (Lipinski definition) is 6. The number of benzene rings is 2. The zero-order valence-corrected chi connectivity index (χ0v) is 18.0. The molecule has 0 spiro atoms. The maximum absolute atomic E-state index is 12.9. The lowest BCUT2D eigenvalue weighted by atomic mass is 10.1. The van der Waals surface area contributed by atoms with Crippen molar-refractivity contribution in [2.75, 3.05) is 25.5 Å². The second kappa shape index (κ2) is 10.5. The predicted molar refractivity (Wildman–Crippen MR) is 117 cm³/mol. The first-order valence-corrected chi connectivity index (χ1v) is 10.3. The molecule has 9 heteroatoms. The molecule has 1 saturated heterocycles. The van der Waals surface area contributed by atoms with Crippen LogP contribution >= 0.6 is 0 Å². The number of carbonyl (C=O) groups excluding carboxylic acids is 2. The Hall–Kier alpha value is -3.01. The van der Waals surface area contributed by atoms with Gasteiger partial charge in [-0.05, 0) is 42.0 Å². The highest BCUT2D eigenvalue weighted by atomic mass is 19.1. The van der Waals surface area contributed by atoms with Gasteiger partial charge in [0.2, 0.25) is 5.91 Å². The molecule has 2 aromatic rings. The van der Waals surface area contributed by atoms with Gasteiger partial charge in [0.15, 0.2) is 0 Å². The van der Waals surface area contributed by atoms with Crippen molar-refractivity contribution in [3.8, 4) is 0 Å². The zero-order valence-electron chi connectivity index (χ0n) is 18.0. The number of rotatable bonds is 8. The van der Waals surface area contributed by atoms with Crippen LogP contribution < -0.4 is 15.5 Å².